The molecule has 2 unspecified atom stereocenters. The van der Waals surface area contributed by atoms with Crippen LogP contribution in [0.15, 0.2) is 109 Å². The van der Waals surface area contributed by atoms with E-state index in [0.29, 0.717) is 6.42 Å². The van der Waals surface area contributed by atoms with Crippen LogP contribution in [0, 0.1) is 11.8 Å². The van der Waals surface area contributed by atoms with Crippen molar-refractivity contribution in [3.8, 4) is 22.3 Å². The Morgan fingerprint density at radius 2 is 1.00 bits per heavy atom. The van der Waals surface area contributed by atoms with Gasteiger partial charge in [-0.1, -0.05) is 109 Å². The predicted molar refractivity (Wildman–Crippen MR) is 156 cm³/mol. The Labute approximate surface area is 234 Å². The minimum absolute atomic E-state index is 0.00367. The van der Waals surface area contributed by atoms with Crippen molar-refractivity contribution in [3.05, 3.63) is 120 Å². The van der Waals surface area contributed by atoms with Crippen molar-refractivity contribution in [2.24, 2.45) is 11.8 Å². The number of hydrogen-bond donors (Lipinski definition) is 3. The van der Waals surface area contributed by atoms with Crippen LogP contribution in [0.25, 0.3) is 22.3 Å². The molecular weight excluding hydrogens is 502 g/mol. The van der Waals surface area contributed by atoms with Gasteiger partial charge in [0.05, 0.1) is 12.3 Å². The summed E-state index contributed by atoms with van der Waals surface area (Å²) in [7, 11) is 0. The van der Waals surface area contributed by atoms with Crippen LogP contribution >= 0.6 is 0 Å². The van der Waals surface area contributed by atoms with Gasteiger partial charge in [-0.2, -0.15) is 0 Å². The van der Waals surface area contributed by atoms with Crippen LogP contribution in [0.1, 0.15) is 24.0 Å². The van der Waals surface area contributed by atoms with Crippen LogP contribution in [-0.2, 0) is 27.2 Å². The predicted octanol–water partition coefficient (Wildman–Crippen LogP) is 6.10. The van der Waals surface area contributed by atoms with Gasteiger partial charge in [-0.05, 0) is 52.6 Å². The van der Waals surface area contributed by atoms with Crippen LogP contribution in [0.2, 0.25) is 0 Å². The summed E-state index contributed by atoms with van der Waals surface area (Å²) in [5.41, 5.74) is 6.06. The van der Waals surface area contributed by atoms with Gasteiger partial charge in [0.15, 0.2) is 0 Å². The molecule has 0 saturated heterocycles. The Morgan fingerprint density at radius 1 is 0.575 bits per heavy atom. The number of aliphatic carboxylic acids is 2. The van der Waals surface area contributed by atoms with Crippen molar-refractivity contribution >= 4 is 17.8 Å². The number of carbonyl (C=O) groups is 3. The lowest BCUT2D eigenvalue weighted by Gasteiger charge is -2.21. The second kappa shape index (κ2) is 13.9. The molecule has 0 spiro atoms. The standard InChI is InChI=1S/C34H33NO5/c36-32(37)19-20-35-33(38)30(21-24-11-15-28(16-12-24)26-7-3-1-4-8-26)23-31(34(39)40)22-25-13-17-29(18-14-25)27-9-5-2-6-10-27/h1-18,30-31H,19-23H2,(H,35,38)(H,36,37)(H,39,40). The summed E-state index contributed by atoms with van der Waals surface area (Å²) in [6, 6.07) is 35.6. The first-order valence-corrected chi connectivity index (χ1v) is 13.4. The SMILES string of the molecule is O=C(O)CCNC(=O)C(Cc1ccc(-c2ccccc2)cc1)CC(Cc1ccc(-c2ccccc2)cc1)C(=O)O. The zero-order valence-corrected chi connectivity index (χ0v) is 22.2. The monoisotopic (exact) mass is 535 g/mol. The third-order valence-corrected chi connectivity index (χ3v) is 7.01. The van der Waals surface area contributed by atoms with E-state index < -0.39 is 23.8 Å². The van der Waals surface area contributed by atoms with Gasteiger partial charge in [-0.15, -0.1) is 0 Å². The van der Waals surface area contributed by atoms with Gasteiger partial charge in [-0.3, -0.25) is 14.4 Å². The molecule has 0 aromatic heterocycles. The van der Waals surface area contributed by atoms with E-state index in [0.717, 1.165) is 33.4 Å². The van der Waals surface area contributed by atoms with Gasteiger partial charge < -0.3 is 15.5 Å². The molecule has 204 valence electrons. The Balaban J connectivity index is 1.49. The second-order valence-corrected chi connectivity index (χ2v) is 9.94. The highest BCUT2D eigenvalue weighted by Gasteiger charge is 2.28. The molecule has 0 aliphatic carbocycles. The van der Waals surface area contributed by atoms with Crippen LogP contribution in [0.4, 0.5) is 0 Å². The summed E-state index contributed by atoms with van der Waals surface area (Å²) in [4.78, 5) is 36.4. The van der Waals surface area contributed by atoms with Crippen molar-refractivity contribution in [2.45, 2.75) is 25.7 Å². The van der Waals surface area contributed by atoms with Gasteiger partial charge in [-0.25, -0.2) is 0 Å². The largest absolute Gasteiger partial charge is 0.481 e. The first-order chi connectivity index (χ1) is 19.4. The molecule has 2 atom stereocenters. The number of hydrogen-bond acceptors (Lipinski definition) is 3. The van der Waals surface area contributed by atoms with Crippen LogP contribution < -0.4 is 5.32 Å². The molecule has 0 saturated carbocycles. The lowest BCUT2D eigenvalue weighted by molar-refractivity contribution is -0.142. The summed E-state index contributed by atoms with van der Waals surface area (Å²) in [5.74, 6) is -3.70. The number of amides is 1. The van der Waals surface area contributed by atoms with E-state index in [1.807, 2.05) is 109 Å². The molecule has 4 rings (SSSR count). The number of nitrogens with one attached hydrogen (secondary N) is 1. The minimum Gasteiger partial charge on any atom is -0.481 e. The van der Waals surface area contributed by atoms with E-state index >= 15 is 0 Å². The highest BCUT2D eigenvalue weighted by Crippen LogP contribution is 2.26. The molecule has 0 aliphatic rings. The highest BCUT2D eigenvalue weighted by atomic mass is 16.4. The van der Waals surface area contributed by atoms with E-state index in [-0.39, 0.29) is 31.7 Å². The van der Waals surface area contributed by atoms with Gasteiger partial charge in [0.1, 0.15) is 0 Å². The number of carboxylic acid groups (broad SMARTS) is 2. The minimum atomic E-state index is -1.00. The highest BCUT2D eigenvalue weighted by molar-refractivity contribution is 5.81. The third-order valence-electron chi connectivity index (χ3n) is 7.01. The van der Waals surface area contributed by atoms with Crippen LogP contribution in [0.3, 0.4) is 0 Å². The Bertz CT molecular complexity index is 1400. The van der Waals surface area contributed by atoms with Crippen LogP contribution in [0.5, 0.6) is 0 Å². The Kier molecular flexibility index (Phi) is 9.83. The van der Waals surface area contributed by atoms with E-state index in [9.17, 15) is 19.5 Å². The smallest absolute Gasteiger partial charge is 0.306 e. The van der Waals surface area contributed by atoms with Gasteiger partial charge in [0.2, 0.25) is 5.91 Å². The molecule has 4 aromatic carbocycles. The topological polar surface area (TPSA) is 104 Å². The lowest BCUT2D eigenvalue weighted by Crippen LogP contribution is -2.36. The molecular formula is C34H33NO5. The molecule has 0 fully saturated rings. The van der Waals surface area contributed by atoms with E-state index in [2.05, 4.69) is 5.32 Å². The first kappa shape index (κ1) is 28.3. The van der Waals surface area contributed by atoms with Gasteiger partial charge in [0.25, 0.3) is 0 Å². The average Bonchev–Trinajstić information content (AvgIpc) is 2.97. The molecule has 40 heavy (non-hydrogen) atoms. The summed E-state index contributed by atoms with van der Waals surface area (Å²) >= 11 is 0. The van der Waals surface area contributed by atoms with Gasteiger partial charge >= 0.3 is 11.9 Å². The fourth-order valence-corrected chi connectivity index (χ4v) is 4.83. The summed E-state index contributed by atoms with van der Waals surface area (Å²) in [5, 5.41) is 21.7. The van der Waals surface area contributed by atoms with E-state index in [1.54, 1.807) is 0 Å². The number of benzene rings is 4. The number of rotatable bonds is 13. The second-order valence-electron chi connectivity index (χ2n) is 9.94. The van der Waals surface area contributed by atoms with Crippen molar-refractivity contribution in [3.63, 3.8) is 0 Å². The molecule has 0 bridgehead atoms. The maximum Gasteiger partial charge on any atom is 0.306 e. The molecule has 0 radical (unpaired) electrons. The fraction of sp³-hybridized carbons (Fsp3) is 0.206. The zero-order chi connectivity index (χ0) is 28.3. The number of carboxylic acids is 2. The third kappa shape index (κ3) is 8.14. The summed E-state index contributed by atoms with van der Waals surface area (Å²) < 4.78 is 0. The first-order valence-electron chi connectivity index (χ1n) is 13.4. The molecule has 1 amide bonds. The fourth-order valence-electron chi connectivity index (χ4n) is 4.83. The number of carbonyl (C=O) groups excluding carboxylic acids is 1. The molecule has 6 nitrogen and oxygen atoms in total. The Hall–Kier alpha value is -4.71. The van der Waals surface area contributed by atoms with E-state index in [4.69, 9.17) is 5.11 Å². The van der Waals surface area contributed by atoms with Crippen molar-refractivity contribution < 1.29 is 24.6 Å². The Morgan fingerprint density at radius 3 is 1.43 bits per heavy atom. The van der Waals surface area contributed by atoms with Crippen molar-refractivity contribution in [1.82, 2.24) is 5.32 Å². The van der Waals surface area contributed by atoms with Gasteiger partial charge in [0, 0.05) is 12.5 Å². The summed E-state index contributed by atoms with van der Waals surface area (Å²) in [6.45, 7) is -0.00367. The molecule has 0 aliphatic heterocycles. The normalized spacial score (nSPS) is 12.3. The molecule has 3 N–H and O–H groups in total. The van der Waals surface area contributed by atoms with E-state index in [1.165, 1.54) is 0 Å². The zero-order valence-electron chi connectivity index (χ0n) is 22.2. The maximum absolute atomic E-state index is 13.1. The van der Waals surface area contributed by atoms with Crippen molar-refractivity contribution in [2.75, 3.05) is 6.54 Å². The lowest BCUT2D eigenvalue weighted by atomic mass is 9.85. The quantitative estimate of drug-likeness (QED) is 0.192. The molecule has 4 aromatic rings. The molecule has 0 heterocycles. The average molecular weight is 536 g/mol. The molecule has 6 heteroatoms. The maximum atomic E-state index is 13.1. The van der Waals surface area contributed by atoms with Crippen LogP contribution in [-0.4, -0.2) is 34.6 Å². The summed E-state index contributed by atoms with van der Waals surface area (Å²) in [6.07, 6.45) is 0.580. The van der Waals surface area contributed by atoms with Crippen molar-refractivity contribution in [1.29, 1.82) is 0 Å².